The van der Waals surface area contributed by atoms with Crippen LogP contribution in [0.5, 0.6) is 5.75 Å². The van der Waals surface area contributed by atoms with E-state index in [0.29, 0.717) is 31.0 Å². The van der Waals surface area contributed by atoms with E-state index in [-0.39, 0.29) is 23.7 Å². The van der Waals surface area contributed by atoms with E-state index < -0.39 is 6.61 Å². The zero-order chi connectivity index (χ0) is 25.5. The number of nitrogens with zero attached hydrogens (tertiary/aromatic N) is 2. The van der Waals surface area contributed by atoms with E-state index >= 15 is 0 Å². The SMILES string of the molecule is CCc1cc(C(=O)N(Cc2cccc(C)c2)C2CCC(NCc3cccc(OC(F)F)c3)CC2)no1. The first-order valence-electron chi connectivity index (χ1n) is 12.5. The highest BCUT2D eigenvalue weighted by Crippen LogP contribution is 2.27. The number of aromatic nitrogens is 1. The highest BCUT2D eigenvalue weighted by Gasteiger charge is 2.31. The van der Waals surface area contributed by atoms with Gasteiger partial charge in [-0.15, -0.1) is 0 Å². The Morgan fingerprint density at radius 2 is 1.86 bits per heavy atom. The van der Waals surface area contributed by atoms with E-state index in [0.717, 1.165) is 42.4 Å². The molecule has 6 nitrogen and oxygen atoms in total. The molecule has 1 aliphatic rings. The van der Waals surface area contributed by atoms with Crippen molar-refractivity contribution >= 4 is 5.91 Å². The molecule has 3 aromatic rings. The van der Waals surface area contributed by atoms with Crippen molar-refractivity contribution in [2.45, 2.75) is 77.7 Å². The summed E-state index contributed by atoms with van der Waals surface area (Å²) in [6.45, 7) is 2.28. The lowest BCUT2D eigenvalue weighted by Crippen LogP contribution is -2.45. The van der Waals surface area contributed by atoms with E-state index in [1.54, 1.807) is 18.2 Å². The van der Waals surface area contributed by atoms with Crippen LogP contribution in [0.1, 0.15) is 65.5 Å². The Hall–Kier alpha value is -3.26. The van der Waals surface area contributed by atoms with E-state index in [1.165, 1.54) is 6.07 Å². The summed E-state index contributed by atoms with van der Waals surface area (Å²) in [5.41, 5.74) is 3.49. The van der Waals surface area contributed by atoms with Gasteiger partial charge in [0.15, 0.2) is 5.69 Å². The predicted octanol–water partition coefficient (Wildman–Crippen LogP) is 5.89. The van der Waals surface area contributed by atoms with Gasteiger partial charge in [0.05, 0.1) is 0 Å². The summed E-state index contributed by atoms with van der Waals surface area (Å²) >= 11 is 0. The molecular weight excluding hydrogens is 464 g/mol. The van der Waals surface area contributed by atoms with Crippen LogP contribution >= 0.6 is 0 Å². The number of benzene rings is 2. The van der Waals surface area contributed by atoms with Crippen molar-refractivity contribution in [1.29, 1.82) is 0 Å². The number of rotatable bonds is 10. The molecule has 0 saturated heterocycles. The molecule has 0 spiro atoms. The van der Waals surface area contributed by atoms with Crippen LogP contribution in [0.2, 0.25) is 0 Å². The molecule has 0 bridgehead atoms. The lowest BCUT2D eigenvalue weighted by Gasteiger charge is -2.37. The minimum Gasteiger partial charge on any atom is -0.435 e. The largest absolute Gasteiger partial charge is 0.435 e. The molecule has 1 aromatic heterocycles. The molecule has 1 amide bonds. The first-order chi connectivity index (χ1) is 17.4. The Morgan fingerprint density at radius 1 is 1.11 bits per heavy atom. The van der Waals surface area contributed by atoms with Crippen LogP contribution in [0.25, 0.3) is 0 Å². The summed E-state index contributed by atoms with van der Waals surface area (Å²) in [6, 6.07) is 17.1. The van der Waals surface area contributed by atoms with E-state index in [2.05, 4.69) is 21.3 Å². The molecule has 0 unspecified atom stereocenters. The van der Waals surface area contributed by atoms with Crippen molar-refractivity contribution in [2.75, 3.05) is 0 Å². The highest BCUT2D eigenvalue weighted by molar-refractivity contribution is 5.92. The fourth-order valence-electron chi connectivity index (χ4n) is 4.79. The van der Waals surface area contributed by atoms with Crippen molar-refractivity contribution in [1.82, 2.24) is 15.4 Å². The standard InChI is InChI=1S/C28H33F2N3O3/c1-3-24-16-26(32-36-24)27(34)33(18-21-8-4-6-19(2)14-21)23-12-10-22(11-13-23)31-17-20-7-5-9-25(15-20)35-28(29)30/h4-9,14-16,22-23,28,31H,3,10-13,17-18H2,1-2H3. The number of carbonyl (C=O) groups excluding carboxylic acids is 1. The van der Waals surface area contributed by atoms with Crippen LogP contribution in [-0.2, 0) is 19.5 Å². The maximum atomic E-state index is 13.5. The normalized spacial score (nSPS) is 17.8. The molecule has 0 radical (unpaired) electrons. The number of halogens is 2. The van der Waals surface area contributed by atoms with Gasteiger partial charge in [-0.2, -0.15) is 8.78 Å². The molecular formula is C28H33F2N3O3. The molecule has 192 valence electrons. The molecule has 1 saturated carbocycles. The molecule has 36 heavy (non-hydrogen) atoms. The van der Waals surface area contributed by atoms with Gasteiger partial charge in [0.1, 0.15) is 11.5 Å². The minimum atomic E-state index is -2.83. The summed E-state index contributed by atoms with van der Waals surface area (Å²) in [6.07, 6.45) is 4.24. The fraction of sp³-hybridized carbons (Fsp3) is 0.429. The summed E-state index contributed by atoms with van der Waals surface area (Å²) in [4.78, 5) is 15.4. The van der Waals surface area contributed by atoms with Crippen LogP contribution in [0.4, 0.5) is 8.78 Å². The summed E-state index contributed by atoms with van der Waals surface area (Å²) < 4.78 is 34.8. The summed E-state index contributed by atoms with van der Waals surface area (Å²) in [5, 5.41) is 7.56. The molecule has 4 rings (SSSR count). The van der Waals surface area contributed by atoms with Crippen LogP contribution in [0.15, 0.2) is 59.1 Å². The first-order valence-corrected chi connectivity index (χ1v) is 12.5. The first kappa shape index (κ1) is 25.8. The highest BCUT2D eigenvalue weighted by atomic mass is 19.3. The van der Waals surface area contributed by atoms with Gasteiger partial charge in [0, 0.05) is 37.7 Å². The maximum Gasteiger partial charge on any atom is 0.387 e. The second-order valence-electron chi connectivity index (χ2n) is 9.37. The van der Waals surface area contributed by atoms with Crippen molar-refractivity contribution in [2.24, 2.45) is 0 Å². The maximum absolute atomic E-state index is 13.5. The number of aryl methyl sites for hydroxylation is 2. The average Bonchev–Trinajstić information content (AvgIpc) is 3.35. The van der Waals surface area contributed by atoms with Gasteiger partial charge in [-0.05, 0) is 55.9 Å². The van der Waals surface area contributed by atoms with Gasteiger partial charge >= 0.3 is 6.61 Å². The minimum absolute atomic E-state index is 0.0978. The third kappa shape index (κ3) is 6.91. The van der Waals surface area contributed by atoms with Crippen molar-refractivity contribution in [3.63, 3.8) is 0 Å². The van der Waals surface area contributed by atoms with Gasteiger partial charge < -0.3 is 19.5 Å². The van der Waals surface area contributed by atoms with Gasteiger partial charge in [-0.1, -0.05) is 54.0 Å². The molecule has 1 heterocycles. The monoisotopic (exact) mass is 497 g/mol. The van der Waals surface area contributed by atoms with Gasteiger partial charge in [-0.25, -0.2) is 0 Å². The Kier molecular flexibility index (Phi) is 8.70. The average molecular weight is 498 g/mol. The molecule has 1 N–H and O–H groups in total. The third-order valence-electron chi connectivity index (χ3n) is 6.68. The molecule has 0 atom stereocenters. The molecule has 2 aromatic carbocycles. The fourth-order valence-corrected chi connectivity index (χ4v) is 4.79. The van der Waals surface area contributed by atoms with Crippen molar-refractivity contribution in [3.8, 4) is 5.75 Å². The third-order valence-corrected chi connectivity index (χ3v) is 6.68. The lowest BCUT2D eigenvalue weighted by atomic mass is 9.89. The molecule has 8 heteroatoms. The Morgan fingerprint density at radius 3 is 2.56 bits per heavy atom. The predicted molar refractivity (Wildman–Crippen MR) is 133 cm³/mol. The second-order valence-corrected chi connectivity index (χ2v) is 9.37. The van der Waals surface area contributed by atoms with Gasteiger partial charge in [0.25, 0.3) is 5.91 Å². The zero-order valence-corrected chi connectivity index (χ0v) is 20.8. The lowest BCUT2D eigenvalue weighted by molar-refractivity contribution is -0.0498. The van der Waals surface area contributed by atoms with Crippen LogP contribution in [-0.4, -0.2) is 34.7 Å². The molecule has 0 aliphatic heterocycles. The van der Waals surface area contributed by atoms with Gasteiger partial charge in [0.2, 0.25) is 0 Å². The number of carbonyl (C=O) groups is 1. The summed E-state index contributed by atoms with van der Waals surface area (Å²) in [5.74, 6) is 0.759. The molecule has 1 fully saturated rings. The zero-order valence-electron chi connectivity index (χ0n) is 20.8. The van der Waals surface area contributed by atoms with E-state index in [4.69, 9.17) is 4.52 Å². The topological polar surface area (TPSA) is 67.6 Å². The van der Waals surface area contributed by atoms with Crippen LogP contribution in [0.3, 0.4) is 0 Å². The number of alkyl halides is 2. The Balaban J connectivity index is 1.39. The van der Waals surface area contributed by atoms with Crippen LogP contribution < -0.4 is 10.1 Å². The number of nitrogens with one attached hydrogen (secondary N) is 1. The second kappa shape index (κ2) is 12.1. The number of amides is 1. The number of hydrogen-bond donors (Lipinski definition) is 1. The smallest absolute Gasteiger partial charge is 0.387 e. The Bertz CT molecular complexity index is 1140. The quantitative estimate of drug-likeness (QED) is 0.378. The summed E-state index contributed by atoms with van der Waals surface area (Å²) in [7, 11) is 0. The molecule has 1 aliphatic carbocycles. The van der Waals surface area contributed by atoms with Crippen molar-refractivity contribution in [3.05, 3.63) is 82.7 Å². The van der Waals surface area contributed by atoms with Crippen LogP contribution in [0, 0.1) is 6.92 Å². The van der Waals surface area contributed by atoms with Gasteiger partial charge in [-0.3, -0.25) is 4.79 Å². The number of ether oxygens (including phenoxy) is 1. The van der Waals surface area contributed by atoms with E-state index in [9.17, 15) is 13.6 Å². The van der Waals surface area contributed by atoms with E-state index in [1.807, 2.05) is 43.0 Å². The Labute approximate surface area is 210 Å². The van der Waals surface area contributed by atoms with Crippen molar-refractivity contribution < 1.29 is 22.8 Å². The number of hydrogen-bond acceptors (Lipinski definition) is 5.